The van der Waals surface area contributed by atoms with E-state index in [4.69, 9.17) is 9.31 Å². The highest BCUT2D eigenvalue weighted by Gasteiger charge is 2.09. The first-order chi connectivity index (χ1) is 6.45. The maximum absolute atomic E-state index is 5.28. The molecule has 65 valence electrons. The molecule has 2 nitrogen and oxygen atoms in total. The van der Waals surface area contributed by atoms with Crippen molar-refractivity contribution in [3.63, 3.8) is 0 Å². The van der Waals surface area contributed by atoms with Crippen LogP contribution >= 0.6 is 0 Å². The highest BCUT2D eigenvalue weighted by atomic mass is 16.6. The van der Waals surface area contributed by atoms with Crippen molar-refractivity contribution in [1.82, 2.24) is 0 Å². The van der Waals surface area contributed by atoms with Crippen molar-refractivity contribution in [2.24, 2.45) is 0 Å². The molecule has 0 heterocycles. The van der Waals surface area contributed by atoms with Crippen LogP contribution in [0.1, 0.15) is 0 Å². The molecule has 0 saturated carbocycles. The minimum absolute atomic E-state index is 0.0364. The molecule has 0 aromatic heterocycles. The second-order valence-corrected chi connectivity index (χ2v) is 2.84. The summed E-state index contributed by atoms with van der Waals surface area (Å²) in [5.41, 5.74) is 0. The van der Waals surface area contributed by atoms with Crippen LogP contribution in [-0.2, 0) is 9.31 Å². The largest absolute Gasteiger partial charge is 0.489 e. The van der Waals surface area contributed by atoms with E-state index >= 15 is 0 Å². The zero-order valence-electron chi connectivity index (χ0n) is 7.17. The standard InChI is InChI=1S/C10H10BO2/c1-2-6-9(5-1)12-11-13-10-7-3-4-8-10/h1-10H. The Bertz CT molecular complexity index is 227. The highest BCUT2D eigenvalue weighted by molar-refractivity contribution is 6.18. The molecule has 0 aromatic carbocycles. The van der Waals surface area contributed by atoms with Crippen LogP contribution in [0, 0.1) is 0 Å². The van der Waals surface area contributed by atoms with Crippen LogP contribution in [0.5, 0.6) is 0 Å². The number of hydrogen-bond acceptors (Lipinski definition) is 2. The van der Waals surface area contributed by atoms with Crippen molar-refractivity contribution >= 4 is 7.69 Å². The van der Waals surface area contributed by atoms with E-state index in [1.54, 1.807) is 0 Å². The van der Waals surface area contributed by atoms with Crippen LogP contribution in [0.4, 0.5) is 0 Å². The van der Waals surface area contributed by atoms with Crippen LogP contribution in [-0.4, -0.2) is 19.9 Å². The van der Waals surface area contributed by atoms with Crippen molar-refractivity contribution < 1.29 is 9.31 Å². The van der Waals surface area contributed by atoms with Gasteiger partial charge in [-0.2, -0.15) is 0 Å². The lowest BCUT2D eigenvalue weighted by atomic mass is 10.3. The summed E-state index contributed by atoms with van der Waals surface area (Å²) in [5.74, 6) is 0. The predicted molar refractivity (Wildman–Crippen MR) is 52.1 cm³/mol. The second kappa shape index (κ2) is 4.26. The van der Waals surface area contributed by atoms with Gasteiger partial charge in [0.1, 0.15) is 0 Å². The highest BCUT2D eigenvalue weighted by Crippen LogP contribution is 2.06. The lowest BCUT2D eigenvalue weighted by Gasteiger charge is -2.09. The Balaban J connectivity index is 1.63. The summed E-state index contributed by atoms with van der Waals surface area (Å²) >= 11 is 0. The Labute approximate surface area is 78.5 Å². The Morgan fingerprint density at radius 2 is 1.08 bits per heavy atom. The molecule has 13 heavy (non-hydrogen) atoms. The first-order valence-electron chi connectivity index (χ1n) is 4.28. The summed E-state index contributed by atoms with van der Waals surface area (Å²) < 4.78 is 10.6. The molecule has 2 rings (SSSR count). The van der Waals surface area contributed by atoms with Crippen LogP contribution in [0.3, 0.4) is 0 Å². The fraction of sp³-hybridized carbons (Fsp3) is 0.200. The lowest BCUT2D eigenvalue weighted by molar-refractivity contribution is 0.201. The Kier molecular flexibility index (Phi) is 2.80. The van der Waals surface area contributed by atoms with Gasteiger partial charge in [-0.1, -0.05) is 48.6 Å². The van der Waals surface area contributed by atoms with E-state index in [-0.39, 0.29) is 12.2 Å². The van der Waals surface area contributed by atoms with E-state index in [0.717, 1.165) is 0 Å². The van der Waals surface area contributed by atoms with Crippen LogP contribution in [0.2, 0.25) is 0 Å². The summed E-state index contributed by atoms with van der Waals surface area (Å²) in [6.07, 6.45) is 15.7. The number of rotatable bonds is 4. The summed E-state index contributed by atoms with van der Waals surface area (Å²) in [7, 11) is 1.40. The van der Waals surface area contributed by atoms with Gasteiger partial charge in [-0.05, 0) is 0 Å². The maximum atomic E-state index is 5.28. The quantitative estimate of drug-likeness (QED) is 0.600. The Morgan fingerprint density at radius 3 is 1.46 bits per heavy atom. The van der Waals surface area contributed by atoms with Crippen molar-refractivity contribution in [1.29, 1.82) is 0 Å². The van der Waals surface area contributed by atoms with Gasteiger partial charge in [0.05, 0.1) is 12.2 Å². The number of allylic oxidation sites excluding steroid dienone is 4. The van der Waals surface area contributed by atoms with Gasteiger partial charge in [-0.15, -0.1) is 0 Å². The Hall–Kier alpha value is -1.06. The van der Waals surface area contributed by atoms with Gasteiger partial charge in [-0.3, -0.25) is 0 Å². The fourth-order valence-corrected chi connectivity index (χ4v) is 1.16. The fourth-order valence-electron chi connectivity index (χ4n) is 1.16. The van der Waals surface area contributed by atoms with Crippen molar-refractivity contribution in [2.45, 2.75) is 12.2 Å². The van der Waals surface area contributed by atoms with Gasteiger partial charge >= 0.3 is 7.69 Å². The third-order valence-electron chi connectivity index (χ3n) is 1.85. The van der Waals surface area contributed by atoms with Gasteiger partial charge in [0.25, 0.3) is 0 Å². The first kappa shape index (κ1) is 8.54. The maximum Gasteiger partial charge on any atom is 0.489 e. The van der Waals surface area contributed by atoms with Gasteiger partial charge in [0.2, 0.25) is 0 Å². The molecule has 0 atom stereocenters. The van der Waals surface area contributed by atoms with Gasteiger partial charge in [-0.25, -0.2) is 0 Å². The van der Waals surface area contributed by atoms with Gasteiger partial charge < -0.3 is 9.31 Å². The summed E-state index contributed by atoms with van der Waals surface area (Å²) in [6.45, 7) is 0. The van der Waals surface area contributed by atoms with Crippen LogP contribution in [0.25, 0.3) is 0 Å². The smallest absolute Gasteiger partial charge is 0.403 e. The van der Waals surface area contributed by atoms with Crippen LogP contribution in [0.15, 0.2) is 48.6 Å². The molecule has 0 unspecified atom stereocenters. The van der Waals surface area contributed by atoms with E-state index in [2.05, 4.69) is 0 Å². The minimum atomic E-state index is 0.0364. The monoisotopic (exact) mass is 173 g/mol. The average molecular weight is 173 g/mol. The molecule has 3 heteroatoms. The van der Waals surface area contributed by atoms with Crippen LogP contribution < -0.4 is 0 Å². The van der Waals surface area contributed by atoms with E-state index < -0.39 is 0 Å². The third-order valence-corrected chi connectivity index (χ3v) is 1.85. The minimum Gasteiger partial charge on any atom is -0.403 e. The van der Waals surface area contributed by atoms with Crippen molar-refractivity contribution in [2.75, 3.05) is 0 Å². The molecule has 0 spiro atoms. The number of hydrogen-bond donors (Lipinski definition) is 0. The summed E-state index contributed by atoms with van der Waals surface area (Å²) in [6, 6.07) is 0. The van der Waals surface area contributed by atoms with E-state index in [1.807, 2.05) is 48.6 Å². The first-order valence-corrected chi connectivity index (χ1v) is 4.28. The summed E-state index contributed by atoms with van der Waals surface area (Å²) in [4.78, 5) is 0. The molecule has 0 aliphatic heterocycles. The zero-order chi connectivity index (χ0) is 8.93. The lowest BCUT2D eigenvalue weighted by Crippen LogP contribution is -2.16. The van der Waals surface area contributed by atoms with Gasteiger partial charge in [0, 0.05) is 0 Å². The zero-order valence-corrected chi connectivity index (χ0v) is 7.17. The van der Waals surface area contributed by atoms with Gasteiger partial charge in [0.15, 0.2) is 0 Å². The van der Waals surface area contributed by atoms with Crippen molar-refractivity contribution in [3.05, 3.63) is 48.6 Å². The topological polar surface area (TPSA) is 18.5 Å². The van der Waals surface area contributed by atoms with E-state index in [0.29, 0.717) is 0 Å². The van der Waals surface area contributed by atoms with Crippen molar-refractivity contribution in [3.8, 4) is 0 Å². The Morgan fingerprint density at radius 1 is 0.692 bits per heavy atom. The molecule has 1 radical (unpaired) electrons. The molecular weight excluding hydrogens is 163 g/mol. The normalized spacial score (nSPS) is 20.6. The summed E-state index contributed by atoms with van der Waals surface area (Å²) in [5, 5.41) is 0. The molecule has 2 aliphatic carbocycles. The third kappa shape index (κ3) is 2.44. The molecule has 0 fully saturated rings. The molecule has 0 aromatic rings. The molecule has 0 amide bonds. The van der Waals surface area contributed by atoms with E-state index in [1.165, 1.54) is 7.69 Å². The molecule has 0 bridgehead atoms. The van der Waals surface area contributed by atoms with E-state index in [9.17, 15) is 0 Å². The molecule has 2 aliphatic rings. The molecule has 0 N–H and O–H groups in total. The second-order valence-electron chi connectivity index (χ2n) is 2.84. The molecular formula is C10H10BO2. The molecule has 0 saturated heterocycles. The predicted octanol–water partition coefficient (Wildman–Crippen LogP) is 1.54. The SMILES string of the molecule is [B](OC1C=CC=C1)OC1C=CC=C1. The average Bonchev–Trinajstić information content (AvgIpc) is 2.75.